The maximum absolute atomic E-state index is 11.4. The smallest absolute Gasteiger partial charge is 0.223 e. The molecule has 1 N–H and O–H groups in total. The molecule has 0 aliphatic heterocycles. The molecule has 1 aromatic heterocycles. The lowest BCUT2D eigenvalue weighted by atomic mass is 9.88. The summed E-state index contributed by atoms with van der Waals surface area (Å²) in [7, 11) is 0. The van der Waals surface area contributed by atoms with E-state index in [0.29, 0.717) is 17.6 Å². The summed E-state index contributed by atoms with van der Waals surface area (Å²) in [6, 6.07) is 8.92. The van der Waals surface area contributed by atoms with Gasteiger partial charge < -0.3 is 5.32 Å². The highest BCUT2D eigenvalue weighted by atomic mass is 16.1. The van der Waals surface area contributed by atoms with Crippen molar-refractivity contribution in [2.24, 2.45) is 0 Å². The second-order valence-electron chi connectivity index (χ2n) is 5.60. The van der Waals surface area contributed by atoms with Crippen molar-refractivity contribution in [3.8, 4) is 0 Å². The van der Waals surface area contributed by atoms with Crippen molar-refractivity contribution in [1.29, 1.82) is 0 Å². The Morgan fingerprint density at radius 3 is 2.76 bits per heavy atom. The maximum atomic E-state index is 11.4. The van der Waals surface area contributed by atoms with Crippen LogP contribution in [0.3, 0.4) is 0 Å². The van der Waals surface area contributed by atoms with Crippen LogP contribution in [-0.4, -0.2) is 21.8 Å². The van der Waals surface area contributed by atoms with Crippen LogP contribution in [0, 0.1) is 6.92 Å². The third-order valence-corrected chi connectivity index (χ3v) is 4.04. The molecule has 108 valence electrons. The van der Waals surface area contributed by atoms with E-state index in [4.69, 9.17) is 0 Å². The Morgan fingerprint density at radius 2 is 2.05 bits per heavy atom. The SMILES string of the molecule is CC(=O)c1cnc(NC2CCc3ccccc3C2)nc1C. The van der Waals surface area contributed by atoms with Crippen molar-refractivity contribution < 1.29 is 4.79 Å². The van der Waals surface area contributed by atoms with E-state index in [1.165, 1.54) is 18.1 Å². The normalized spacial score (nSPS) is 17.1. The van der Waals surface area contributed by atoms with E-state index in [2.05, 4.69) is 39.6 Å². The van der Waals surface area contributed by atoms with Gasteiger partial charge in [-0.2, -0.15) is 0 Å². The number of aromatic nitrogens is 2. The van der Waals surface area contributed by atoms with E-state index in [1.807, 2.05) is 6.92 Å². The van der Waals surface area contributed by atoms with Crippen molar-refractivity contribution in [2.45, 2.75) is 39.2 Å². The van der Waals surface area contributed by atoms with Gasteiger partial charge in [0.1, 0.15) is 0 Å². The predicted molar refractivity (Wildman–Crippen MR) is 82.7 cm³/mol. The standard InChI is InChI=1S/C17H19N3O/c1-11-16(12(2)21)10-18-17(19-11)20-15-8-7-13-5-3-4-6-14(13)9-15/h3-6,10,15H,7-9H2,1-2H3,(H,18,19,20). The number of nitrogens with zero attached hydrogens (tertiary/aromatic N) is 2. The zero-order valence-electron chi connectivity index (χ0n) is 12.4. The van der Waals surface area contributed by atoms with Crippen LogP contribution in [0.25, 0.3) is 0 Å². The summed E-state index contributed by atoms with van der Waals surface area (Å²) in [6.45, 7) is 3.39. The van der Waals surface area contributed by atoms with Crippen LogP contribution >= 0.6 is 0 Å². The molecule has 1 heterocycles. The predicted octanol–water partition coefficient (Wildman–Crippen LogP) is 2.96. The van der Waals surface area contributed by atoms with Gasteiger partial charge in [-0.15, -0.1) is 0 Å². The molecule has 21 heavy (non-hydrogen) atoms. The fourth-order valence-electron chi connectivity index (χ4n) is 2.89. The van der Waals surface area contributed by atoms with E-state index in [-0.39, 0.29) is 5.78 Å². The number of aryl methyl sites for hydroxylation is 2. The highest BCUT2D eigenvalue weighted by Gasteiger charge is 2.19. The minimum Gasteiger partial charge on any atom is -0.351 e. The molecule has 2 aromatic rings. The molecule has 0 amide bonds. The van der Waals surface area contributed by atoms with Gasteiger partial charge in [0, 0.05) is 12.2 Å². The molecular formula is C17H19N3O. The molecule has 1 aliphatic rings. The quantitative estimate of drug-likeness (QED) is 0.879. The van der Waals surface area contributed by atoms with Crippen molar-refractivity contribution >= 4 is 11.7 Å². The van der Waals surface area contributed by atoms with E-state index >= 15 is 0 Å². The van der Waals surface area contributed by atoms with Crippen molar-refractivity contribution in [2.75, 3.05) is 5.32 Å². The van der Waals surface area contributed by atoms with Gasteiger partial charge >= 0.3 is 0 Å². The average molecular weight is 281 g/mol. The van der Waals surface area contributed by atoms with Crippen LogP contribution in [0.2, 0.25) is 0 Å². The zero-order valence-corrected chi connectivity index (χ0v) is 12.4. The summed E-state index contributed by atoms with van der Waals surface area (Å²) in [5.74, 6) is 0.618. The van der Waals surface area contributed by atoms with Gasteiger partial charge in [-0.05, 0) is 44.2 Å². The number of fused-ring (bicyclic) bond motifs is 1. The van der Waals surface area contributed by atoms with Gasteiger partial charge in [-0.25, -0.2) is 9.97 Å². The number of benzene rings is 1. The number of hydrogen-bond acceptors (Lipinski definition) is 4. The van der Waals surface area contributed by atoms with Gasteiger partial charge in [0.15, 0.2) is 5.78 Å². The molecule has 3 rings (SSSR count). The summed E-state index contributed by atoms with van der Waals surface area (Å²) in [4.78, 5) is 20.1. The van der Waals surface area contributed by atoms with Crippen molar-refractivity contribution in [3.63, 3.8) is 0 Å². The lowest BCUT2D eigenvalue weighted by Crippen LogP contribution is -2.28. The summed E-state index contributed by atoms with van der Waals surface area (Å²) >= 11 is 0. The van der Waals surface area contributed by atoms with Crippen LogP contribution in [0.15, 0.2) is 30.5 Å². The van der Waals surface area contributed by atoms with E-state index in [1.54, 1.807) is 6.20 Å². The number of carbonyl (C=O) groups is 1. The molecule has 1 unspecified atom stereocenters. The van der Waals surface area contributed by atoms with E-state index < -0.39 is 0 Å². The average Bonchev–Trinajstić information content (AvgIpc) is 2.47. The third kappa shape index (κ3) is 2.94. The first-order valence-electron chi connectivity index (χ1n) is 7.31. The van der Waals surface area contributed by atoms with Gasteiger partial charge in [-0.1, -0.05) is 24.3 Å². The van der Waals surface area contributed by atoms with Gasteiger partial charge in [-0.3, -0.25) is 4.79 Å². The fourth-order valence-corrected chi connectivity index (χ4v) is 2.89. The maximum Gasteiger partial charge on any atom is 0.223 e. The van der Waals surface area contributed by atoms with Crippen molar-refractivity contribution in [1.82, 2.24) is 9.97 Å². The van der Waals surface area contributed by atoms with E-state index in [9.17, 15) is 4.79 Å². The molecule has 1 aromatic carbocycles. The molecule has 0 fully saturated rings. The second kappa shape index (κ2) is 5.64. The first-order chi connectivity index (χ1) is 10.1. The molecule has 0 saturated heterocycles. The summed E-state index contributed by atoms with van der Waals surface area (Å²) in [6.07, 6.45) is 4.77. The van der Waals surface area contributed by atoms with Gasteiger partial charge in [0.25, 0.3) is 0 Å². The minimum absolute atomic E-state index is 0.00523. The number of ketones is 1. The van der Waals surface area contributed by atoms with Gasteiger partial charge in [0.2, 0.25) is 5.95 Å². The number of anilines is 1. The number of nitrogens with one attached hydrogen (secondary N) is 1. The highest BCUT2D eigenvalue weighted by molar-refractivity contribution is 5.94. The Bertz CT molecular complexity index is 681. The lowest BCUT2D eigenvalue weighted by molar-refractivity contribution is 0.101. The molecule has 4 nitrogen and oxygen atoms in total. The molecule has 1 atom stereocenters. The van der Waals surface area contributed by atoms with Crippen LogP contribution in [0.5, 0.6) is 0 Å². The number of hydrogen-bond donors (Lipinski definition) is 1. The Balaban J connectivity index is 1.73. The number of Topliss-reactive ketones (excluding diaryl/α,β-unsaturated/α-hetero) is 1. The molecule has 0 spiro atoms. The zero-order chi connectivity index (χ0) is 14.8. The topological polar surface area (TPSA) is 54.9 Å². The van der Waals surface area contributed by atoms with Crippen molar-refractivity contribution in [3.05, 3.63) is 52.8 Å². The molecular weight excluding hydrogens is 262 g/mol. The molecule has 0 saturated carbocycles. The largest absolute Gasteiger partial charge is 0.351 e. The van der Waals surface area contributed by atoms with Crippen LogP contribution in [0.1, 0.15) is 40.5 Å². The Hall–Kier alpha value is -2.23. The first-order valence-corrected chi connectivity index (χ1v) is 7.31. The summed E-state index contributed by atoms with van der Waals surface area (Å²) < 4.78 is 0. The molecule has 4 heteroatoms. The number of rotatable bonds is 3. The summed E-state index contributed by atoms with van der Waals surface area (Å²) in [5, 5.41) is 3.40. The minimum atomic E-state index is 0.00523. The second-order valence-corrected chi connectivity index (χ2v) is 5.60. The highest BCUT2D eigenvalue weighted by Crippen LogP contribution is 2.23. The molecule has 0 bridgehead atoms. The van der Waals surface area contributed by atoms with Crippen LogP contribution < -0.4 is 5.32 Å². The van der Waals surface area contributed by atoms with Gasteiger partial charge in [0.05, 0.1) is 11.3 Å². The van der Waals surface area contributed by atoms with Crippen LogP contribution in [-0.2, 0) is 12.8 Å². The Labute approximate surface area is 124 Å². The Morgan fingerprint density at radius 1 is 1.29 bits per heavy atom. The Kier molecular flexibility index (Phi) is 3.69. The van der Waals surface area contributed by atoms with E-state index in [0.717, 1.165) is 25.0 Å². The first kappa shape index (κ1) is 13.7. The number of carbonyl (C=O) groups excluding carboxylic acids is 1. The molecule has 0 radical (unpaired) electrons. The van der Waals surface area contributed by atoms with Crippen LogP contribution in [0.4, 0.5) is 5.95 Å². The molecule has 1 aliphatic carbocycles. The fraction of sp³-hybridized carbons (Fsp3) is 0.353. The lowest BCUT2D eigenvalue weighted by Gasteiger charge is -2.25. The summed E-state index contributed by atoms with van der Waals surface area (Å²) in [5.41, 5.74) is 4.17. The third-order valence-electron chi connectivity index (χ3n) is 4.04. The monoisotopic (exact) mass is 281 g/mol.